The number of likely N-dealkylation sites (tertiary alicyclic amines) is 1. The summed E-state index contributed by atoms with van der Waals surface area (Å²) in [4.78, 5) is 27.1. The molecule has 1 fully saturated rings. The molecule has 1 N–H and O–H groups in total. The molecule has 5 nitrogen and oxygen atoms in total. The van der Waals surface area contributed by atoms with Gasteiger partial charge in [0.1, 0.15) is 11.6 Å². The number of carbonyl (C=O) groups excluding carboxylic acids is 2. The summed E-state index contributed by atoms with van der Waals surface area (Å²) in [5.74, 6) is 0.0752. The van der Waals surface area contributed by atoms with Crippen LogP contribution in [0.4, 0.5) is 4.39 Å². The number of carbonyl (C=O) groups is 2. The third kappa shape index (κ3) is 5.56. The highest BCUT2D eigenvalue weighted by Gasteiger charge is 2.39. The van der Waals surface area contributed by atoms with E-state index >= 15 is 0 Å². The van der Waals surface area contributed by atoms with Crippen molar-refractivity contribution < 1.29 is 18.7 Å². The van der Waals surface area contributed by atoms with Gasteiger partial charge in [-0.1, -0.05) is 24.3 Å². The Labute approximate surface area is 170 Å². The van der Waals surface area contributed by atoms with Gasteiger partial charge in [0.15, 0.2) is 6.61 Å². The first kappa shape index (κ1) is 20.8. The van der Waals surface area contributed by atoms with Crippen LogP contribution in [0.15, 0.2) is 48.5 Å². The molecule has 0 bridgehead atoms. The molecule has 0 aromatic heterocycles. The second-order valence-electron chi connectivity index (χ2n) is 7.90. The van der Waals surface area contributed by atoms with Gasteiger partial charge in [0.25, 0.3) is 5.91 Å². The molecular weight excluding hydrogens is 371 g/mol. The minimum atomic E-state index is -0.676. The number of rotatable bonds is 6. The molecule has 1 aliphatic heterocycles. The number of halogens is 1. The molecule has 154 valence electrons. The van der Waals surface area contributed by atoms with Crippen LogP contribution in [-0.4, -0.2) is 36.4 Å². The zero-order valence-electron chi connectivity index (χ0n) is 16.9. The highest BCUT2D eigenvalue weighted by molar-refractivity contribution is 5.84. The Hall–Kier alpha value is -2.89. The third-order valence-electron chi connectivity index (χ3n) is 5.29. The number of nitrogens with zero attached hydrogens (tertiary/aromatic N) is 1. The zero-order chi connectivity index (χ0) is 20.9. The van der Waals surface area contributed by atoms with Crippen molar-refractivity contribution in [2.24, 2.45) is 5.41 Å². The molecule has 1 atom stereocenters. The summed E-state index contributed by atoms with van der Waals surface area (Å²) in [6.07, 6.45) is 1.45. The molecule has 0 saturated carbocycles. The zero-order valence-corrected chi connectivity index (χ0v) is 16.9. The summed E-state index contributed by atoms with van der Waals surface area (Å²) >= 11 is 0. The van der Waals surface area contributed by atoms with Crippen molar-refractivity contribution in [3.05, 3.63) is 65.5 Å². The van der Waals surface area contributed by atoms with Crippen LogP contribution in [0, 0.1) is 18.2 Å². The number of hydrogen-bond acceptors (Lipinski definition) is 3. The lowest BCUT2D eigenvalue weighted by atomic mass is 9.81. The highest BCUT2D eigenvalue weighted by atomic mass is 19.1. The Morgan fingerprint density at radius 2 is 2.00 bits per heavy atom. The van der Waals surface area contributed by atoms with Crippen LogP contribution in [0.25, 0.3) is 0 Å². The summed E-state index contributed by atoms with van der Waals surface area (Å²) in [5.41, 5.74) is 1.10. The van der Waals surface area contributed by atoms with Gasteiger partial charge in [-0.3, -0.25) is 9.59 Å². The molecule has 6 heteroatoms. The van der Waals surface area contributed by atoms with Gasteiger partial charge in [-0.05, 0) is 62.1 Å². The number of benzene rings is 2. The topological polar surface area (TPSA) is 58.6 Å². The molecule has 0 aliphatic carbocycles. The summed E-state index contributed by atoms with van der Waals surface area (Å²) in [5, 5.41) is 2.89. The molecule has 2 aromatic rings. The maximum absolute atomic E-state index is 13.3. The van der Waals surface area contributed by atoms with E-state index in [-0.39, 0.29) is 30.8 Å². The Kier molecular flexibility index (Phi) is 6.52. The van der Waals surface area contributed by atoms with Gasteiger partial charge in [-0.25, -0.2) is 4.39 Å². The van der Waals surface area contributed by atoms with Crippen molar-refractivity contribution in [1.29, 1.82) is 0 Å². The first-order valence-corrected chi connectivity index (χ1v) is 9.86. The van der Waals surface area contributed by atoms with Gasteiger partial charge >= 0.3 is 0 Å². The van der Waals surface area contributed by atoms with E-state index in [1.54, 1.807) is 17.0 Å². The second kappa shape index (κ2) is 9.07. The average Bonchev–Trinajstić information content (AvgIpc) is 2.70. The third-order valence-corrected chi connectivity index (χ3v) is 5.29. The van der Waals surface area contributed by atoms with Crippen LogP contribution in [-0.2, 0) is 16.1 Å². The van der Waals surface area contributed by atoms with E-state index in [0.717, 1.165) is 12.0 Å². The van der Waals surface area contributed by atoms with E-state index in [1.165, 1.54) is 12.1 Å². The molecule has 2 aromatic carbocycles. The molecule has 0 spiro atoms. The minimum absolute atomic E-state index is 0.0511. The Bertz CT molecular complexity index is 886. The van der Waals surface area contributed by atoms with Crippen LogP contribution in [0.1, 0.15) is 30.9 Å². The fraction of sp³-hybridized carbons (Fsp3) is 0.391. The largest absolute Gasteiger partial charge is 0.484 e. The maximum atomic E-state index is 13.3. The lowest BCUT2D eigenvalue weighted by Gasteiger charge is -2.39. The Balaban J connectivity index is 1.54. The van der Waals surface area contributed by atoms with Gasteiger partial charge in [0.05, 0.1) is 5.41 Å². The number of amides is 2. The van der Waals surface area contributed by atoms with Gasteiger partial charge in [0.2, 0.25) is 5.91 Å². The molecule has 0 radical (unpaired) electrons. The molecular formula is C23H27FN2O3. The lowest BCUT2D eigenvalue weighted by molar-refractivity contribution is -0.142. The molecule has 3 rings (SSSR count). The van der Waals surface area contributed by atoms with Crippen LogP contribution in [0.5, 0.6) is 5.75 Å². The van der Waals surface area contributed by atoms with Gasteiger partial charge < -0.3 is 15.0 Å². The predicted molar refractivity (Wildman–Crippen MR) is 109 cm³/mol. The van der Waals surface area contributed by atoms with E-state index < -0.39 is 5.41 Å². The van der Waals surface area contributed by atoms with Crippen molar-refractivity contribution in [3.8, 4) is 5.75 Å². The van der Waals surface area contributed by atoms with Gasteiger partial charge in [-0.2, -0.15) is 0 Å². The number of aryl methyl sites for hydroxylation is 1. The Morgan fingerprint density at radius 3 is 2.76 bits per heavy atom. The summed E-state index contributed by atoms with van der Waals surface area (Å²) in [6.45, 7) is 5.00. The van der Waals surface area contributed by atoms with Gasteiger partial charge in [0, 0.05) is 19.6 Å². The summed E-state index contributed by atoms with van der Waals surface area (Å²) in [6, 6.07) is 13.7. The summed E-state index contributed by atoms with van der Waals surface area (Å²) in [7, 11) is 0. The van der Waals surface area contributed by atoms with Crippen molar-refractivity contribution in [2.75, 3.05) is 19.7 Å². The average molecular weight is 398 g/mol. The number of nitrogens with one attached hydrogen (secondary N) is 1. The number of piperidine rings is 1. The first-order chi connectivity index (χ1) is 13.9. The van der Waals surface area contributed by atoms with Crippen molar-refractivity contribution in [1.82, 2.24) is 10.2 Å². The lowest BCUT2D eigenvalue weighted by Crippen LogP contribution is -2.52. The van der Waals surface area contributed by atoms with E-state index in [2.05, 4.69) is 5.32 Å². The number of hydrogen-bond donors (Lipinski definition) is 1. The van der Waals surface area contributed by atoms with Crippen molar-refractivity contribution >= 4 is 11.8 Å². The predicted octanol–water partition coefficient (Wildman–Crippen LogP) is 3.46. The monoisotopic (exact) mass is 398 g/mol. The smallest absolute Gasteiger partial charge is 0.260 e. The van der Waals surface area contributed by atoms with E-state index in [9.17, 15) is 14.0 Å². The minimum Gasteiger partial charge on any atom is -0.484 e. The van der Waals surface area contributed by atoms with E-state index in [1.807, 2.05) is 38.1 Å². The van der Waals surface area contributed by atoms with Crippen LogP contribution in [0.3, 0.4) is 0 Å². The quantitative estimate of drug-likeness (QED) is 0.811. The highest BCUT2D eigenvalue weighted by Crippen LogP contribution is 2.30. The number of ether oxygens (including phenoxy) is 1. The Morgan fingerprint density at radius 1 is 1.21 bits per heavy atom. The van der Waals surface area contributed by atoms with E-state index in [4.69, 9.17) is 4.74 Å². The molecule has 1 aliphatic rings. The van der Waals surface area contributed by atoms with Crippen molar-refractivity contribution in [3.63, 3.8) is 0 Å². The van der Waals surface area contributed by atoms with Crippen molar-refractivity contribution in [2.45, 2.75) is 33.2 Å². The fourth-order valence-corrected chi connectivity index (χ4v) is 3.62. The SMILES string of the molecule is Cc1cccc(OCC(=O)N2CCC[C@](C)(C(=O)NCc3cccc(F)c3)C2)c1. The molecule has 2 amide bonds. The standard InChI is InChI=1S/C23H27FN2O3/c1-17-6-3-9-20(12-17)29-15-21(27)26-11-5-10-23(2,16-26)22(28)25-14-18-7-4-8-19(24)13-18/h3-4,6-9,12-13H,5,10-11,14-16H2,1-2H3,(H,25,28)/t23-/m0/s1. The normalized spacial score (nSPS) is 18.9. The fourth-order valence-electron chi connectivity index (χ4n) is 3.62. The molecule has 1 saturated heterocycles. The van der Waals surface area contributed by atoms with Crippen LogP contribution in [0.2, 0.25) is 0 Å². The van der Waals surface area contributed by atoms with E-state index in [0.29, 0.717) is 30.8 Å². The first-order valence-electron chi connectivity index (χ1n) is 9.86. The molecule has 29 heavy (non-hydrogen) atoms. The molecule has 1 heterocycles. The second-order valence-corrected chi connectivity index (χ2v) is 7.90. The molecule has 0 unspecified atom stereocenters. The van der Waals surface area contributed by atoms with Crippen LogP contribution >= 0.6 is 0 Å². The summed E-state index contributed by atoms with van der Waals surface area (Å²) < 4.78 is 18.9. The van der Waals surface area contributed by atoms with Gasteiger partial charge in [-0.15, -0.1) is 0 Å². The van der Waals surface area contributed by atoms with Crippen LogP contribution < -0.4 is 10.1 Å². The maximum Gasteiger partial charge on any atom is 0.260 e.